The van der Waals surface area contributed by atoms with Crippen LogP contribution in [0, 0.1) is 6.92 Å². The molecule has 21 nitrogen and oxygen atoms in total. The van der Waals surface area contributed by atoms with Crippen LogP contribution in [0.25, 0.3) is 10.4 Å². The highest BCUT2D eigenvalue weighted by Gasteiger charge is 2.50. The molecule has 0 aliphatic rings. The van der Waals surface area contributed by atoms with Crippen molar-refractivity contribution in [3.05, 3.63) is 244 Å². The van der Waals surface area contributed by atoms with Gasteiger partial charge in [0, 0.05) is 30.0 Å². The van der Waals surface area contributed by atoms with E-state index in [9.17, 15) is 14.4 Å². The standard InChI is InChI=1S/C81H107N7O14Si/c1-66-33-37-71(38-34-66)81(69-24-12-6-13-25-69,70-26-14-7-15-27-70)83-42-21-20-32-75(78(90)85-72-39-35-68(36-40-72)65-102-103(80(2,3)4,73-28-16-8-17-29-73)74-30-18-9-19-31-74)87-79(91)76(64-67-22-10-5-11-23-67)86-77(89)41-44-92-46-48-94-50-52-96-54-56-98-58-60-100-62-63-101-61-59-99-57-55-97-53-51-95-49-47-93-45-43-84-88-82/h5-19,22-31,33-40,75-76,83H,20-21,32,41-65H2,1-4H3,(H,85,90)(H,86,89)(H,87,91)/t75-,76-/m0/s1. The molecule has 7 aromatic carbocycles. The Balaban J connectivity index is 0.855. The summed E-state index contributed by atoms with van der Waals surface area (Å²) in [5.41, 5.74) is 14.4. The van der Waals surface area contributed by atoms with E-state index in [4.69, 9.17) is 57.3 Å². The molecule has 0 aliphatic heterocycles. The smallest absolute Gasteiger partial charge is 0.261 e. The molecule has 0 aromatic heterocycles. The maximum Gasteiger partial charge on any atom is 0.261 e. The second kappa shape index (κ2) is 48.1. The largest absolute Gasteiger partial charge is 0.403 e. The van der Waals surface area contributed by atoms with Gasteiger partial charge in [-0.2, -0.15) is 0 Å². The second-order valence-electron chi connectivity index (χ2n) is 25.6. The maximum absolute atomic E-state index is 14.8. The molecule has 0 spiro atoms. The average Bonchev–Trinajstić information content (AvgIpc) is 0.765. The SMILES string of the molecule is Cc1ccc(C(NCCCC[C@H](NC(=O)[C@H](Cc2ccccc2)NC(=O)CCOCCOCCOCCOCCOCCOCCOCCOCCOCCOCCN=[N+]=[N-])C(=O)Nc2ccc(CO[Si](c3ccccc3)(c3ccccc3)C(C)(C)C)cc2)(c2ccccc2)c2ccccc2)cc1. The number of hydrogen-bond donors (Lipinski definition) is 4. The van der Waals surface area contributed by atoms with Gasteiger partial charge in [0.05, 0.1) is 144 Å². The molecular formula is C81H107N7O14Si. The summed E-state index contributed by atoms with van der Waals surface area (Å²) in [4.78, 5) is 45.9. The van der Waals surface area contributed by atoms with Crippen molar-refractivity contribution in [2.75, 3.05) is 151 Å². The van der Waals surface area contributed by atoms with E-state index >= 15 is 0 Å². The van der Waals surface area contributed by atoms with Crippen LogP contribution in [-0.4, -0.2) is 183 Å². The molecule has 0 fully saturated rings. The van der Waals surface area contributed by atoms with E-state index in [1.807, 2.05) is 78.9 Å². The molecular weight excluding hydrogens is 1320 g/mol. The first-order valence-electron chi connectivity index (χ1n) is 35.9. The molecule has 0 radical (unpaired) electrons. The highest BCUT2D eigenvalue weighted by Crippen LogP contribution is 2.39. The van der Waals surface area contributed by atoms with E-state index in [0.717, 1.165) is 33.4 Å². The first kappa shape index (κ1) is 82.3. The van der Waals surface area contributed by atoms with Crippen molar-refractivity contribution >= 4 is 42.1 Å². The van der Waals surface area contributed by atoms with Crippen molar-refractivity contribution in [3.63, 3.8) is 0 Å². The minimum atomic E-state index is -2.83. The lowest BCUT2D eigenvalue weighted by Gasteiger charge is -2.43. The lowest BCUT2D eigenvalue weighted by molar-refractivity contribution is -0.131. The first-order valence-corrected chi connectivity index (χ1v) is 37.8. The van der Waals surface area contributed by atoms with Crippen LogP contribution in [-0.2, 0) is 84.7 Å². The third kappa shape index (κ3) is 29.2. The number of hydrogen-bond acceptors (Lipinski definition) is 16. The van der Waals surface area contributed by atoms with Crippen molar-refractivity contribution < 1.29 is 66.2 Å². The summed E-state index contributed by atoms with van der Waals surface area (Å²) in [5.74, 6) is -1.23. The van der Waals surface area contributed by atoms with Gasteiger partial charge in [-0.3, -0.25) is 19.7 Å². The quantitative estimate of drug-likeness (QED) is 0.00691. The number of azide groups is 1. The van der Waals surface area contributed by atoms with Crippen LogP contribution in [0.3, 0.4) is 0 Å². The Morgan fingerprint density at radius 1 is 0.447 bits per heavy atom. The number of nitrogens with zero attached hydrogens (tertiary/aromatic N) is 3. The van der Waals surface area contributed by atoms with Gasteiger partial charge >= 0.3 is 0 Å². The lowest BCUT2D eigenvalue weighted by Crippen LogP contribution is -2.66. The predicted molar refractivity (Wildman–Crippen MR) is 404 cm³/mol. The Bertz CT molecular complexity index is 3390. The number of carbonyl (C=O) groups excluding carboxylic acids is 3. The zero-order valence-electron chi connectivity index (χ0n) is 60.6. The average molecular weight is 1430 g/mol. The molecule has 22 heteroatoms. The molecule has 0 heterocycles. The van der Waals surface area contributed by atoms with Crippen LogP contribution in [0.4, 0.5) is 5.69 Å². The Morgan fingerprint density at radius 3 is 1.29 bits per heavy atom. The van der Waals surface area contributed by atoms with Gasteiger partial charge < -0.3 is 67.7 Å². The molecule has 7 aromatic rings. The van der Waals surface area contributed by atoms with Gasteiger partial charge in [0.2, 0.25) is 17.7 Å². The number of rotatable bonds is 54. The number of unbranched alkanes of at least 4 members (excludes halogenated alkanes) is 1. The number of nitrogens with one attached hydrogen (secondary N) is 4. The van der Waals surface area contributed by atoms with E-state index in [1.165, 1.54) is 10.4 Å². The normalized spacial score (nSPS) is 12.3. The maximum atomic E-state index is 14.8. The molecule has 3 amide bonds. The molecule has 554 valence electrons. The number of carbonyl (C=O) groups is 3. The topological polar surface area (TPSA) is 250 Å². The summed E-state index contributed by atoms with van der Waals surface area (Å²) in [6.07, 6.45) is 1.75. The zero-order valence-corrected chi connectivity index (χ0v) is 61.6. The number of ether oxygens (including phenoxy) is 10. The number of amides is 3. The van der Waals surface area contributed by atoms with Crippen LogP contribution in [0.2, 0.25) is 5.04 Å². The third-order valence-corrected chi connectivity index (χ3v) is 22.1. The molecule has 4 N–H and O–H groups in total. The number of benzene rings is 7. The molecule has 0 aliphatic carbocycles. The minimum Gasteiger partial charge on any atom is -0.403 e. The van der Waals surface area contributed by atoms with Crippen LogP contribution < -0.4 is 31.6 Å². The van der Waals surface area contributed by atoms with Crippen LogP contribution in [0.5, 0.6) is 0 Å². The van der Waals surface area contributed by atoms with Crippen molar-refractivity contribution in [2.24, 2.45) is 5.11 Å². The number of aryl methyl sites for hydroxylation is 1. The molecule has 0 saturated heterocycles. The third-order valence-electron chi connectivity index (χ3n) is 17.1. The highest BCUT2D eigenvalue weighted by atomic mass is 28.4. The van der Waals surface area contributed by atoms with Gasteiger partial charge in [-0.1, -0.05) is 220 Å². The van der Waals surface area contributed by atoms with E-state index < -0.39 is 31.8 Å². The fourth-order valence-corrected chi connectivity index (χ4v) is 16.4. The first-order chi connectivity index (χ1) is 50.4. The van der Waals surface area contributed by atoms with E-state index in [1.54, 1.807) is 0 Å². The van der Waals surface area contributed by atoms with E-state index in [0.29, 0.717) is 164 Å². The Kier molecular flexibility index (Phi) is 38.4. The summed E-state index contributed by atoms with van der Waals surface area (Å²) in [6, 6.07) is 65.9. The van der Waals surface area contributed by atoms with Crippen LogP contribution in [0.15, 0.2) is 205 Å². The lowest BCUT2D eigenvalue weighted by atomic mass is 9.76. The second-order valence-corrected chi connectivity index (χ2v) is 29.9. The Hall–Kier alpha value is -8.00. The highest BCUT2D eigenvalue weighted by molar-refractivity contribution is 6.99. The van der Waals surface area contributed by atoms with Crippen LogP contribution >= 0.6 is 0 Å². The summed E-state index contributed by atoms with van der Waals surface area (Å²) in [7, 11) is -2.83. The summed E-state index contributed by atoms with van der Waals surface area (Å²) in [6.45, 7) is 18.1. The van der Waals surface area contributed by atoms with Gasteiger partial charge in [-0.15, -0.1) is 0 Å². The Labute approximate surface area is 610 Å². The van der Waals surface area contributed by atoms with Gasteiger partial charge in [0.25, 0.3) is 8.32 Å². The van der Waals surface area contributed by atoms with Gasteiger partial charge in [-0.25, -0.2) is 0 Å². The van der Waals surface area contributed by atoms with Gasteiger partial charge in [-0.05, 0) is 93.6 Å². The molecule has 0 bridgehead atoms. The van der Waals surface area contributed by atoms with E-state index in [-0.39, 0.29) is 42.9 Å². The van der Waals surface area contributed by atoms with Crippen molar-refractivity contribution in [3.8, 4) is 0 Å². The summed E-state index contributed by atoms with van der Waals surface area (Å²) in [5, 5.41) is 18.7. The minimum absolute atomic E-state index is 0.000896. The van der Waals surface area contributed by atoms with Crippen molar-refractivity contribution in [1.82, 2.24) is 16.0 Å². The summed E-state index contributed by atoms with van der Waals surface area (Å²) >= 11 is 0. The monoisotopic (exact) mass is 1430 g/mol. The van der Waals surface area contributed by atoms with Crippen molar-refractivity contribution in [1.29, 1.82) is 0 Å². The predicted octanol–water partition coefficient (Wildman–Crippen LogP) is 10.8. The number of anilines is 1. The molecule has 2 atom stereocenters. The molecule has 0 saturated carbocycles. The van der Waals surface area contributed by atoms with Gasteiger partial charge in [0.1, 0.15) is 12.1 Å². The fraction of sp³-hybridized carbons (Fsp3) is 0.444. The molecule has 0 unspecified atom stereocenters. The van der Waals surface area contributed by atoms with Gasteiger partial charge in [0.15, 0.2) is 0 Å². The zero-order chi connectivity index (χ0) is 72.7. The summed E-state index contributed by atoms with van der Waals surface area (Å²) < 4.78 is 62.7. The van der Waals surface area contributed by atoms with E-state index in [2.05, 4.69) is 180 Å². The Morgan fingerprint density at radius 2 is 0.854 bits per heavy atom. The molecule has 7 rings (SSSR count). The molecule has 103 heavy (non-hydrogen) atoms. The van der Waals surface area contributed by atoms with Crippen molar-refractivity contribution in [2.45, 2.75) is 89.1 Å². The van der Waals surface area contributed by atoms with Crippen LogP contribution in [0.1, 0.15) is 79.8 Å². The fourth-order valence-electron chi connectivity index (χ4n) is 11.9.